The number of hydrogen-bond donors (Lipinski definition) is 0. The Balaban J connectivity index is 1.33. The molecule has 0 fully saturated rings. The maximum absolute atomic E-state index is 6.41. The molecule has 0 saturated carbocycles. The lowest BCUT2D eigenvalue weighted by Gasteiger charge is -2.15. The fourth-order valence-electron chi connectivity index (χ4n) is 7.30. The Morgan fingerprint density at radius 1 is 0.347 bits per heavy atom. The SMILES string of the molecule is c1ccc(-c2nc(-c3cc4ccc5ccccc5c4c4ccccc34)nc(-c3c(-c4ccccc4)ccc4oc5ccccc5c34)n2)cc1. The highest BCUT2D eigenvalue weighted by Gasteiger charge is 2.23. The van der Waals surface area contributed by atoms with Crippen molar-refractivity contribution in [3.05, 3.63) is 164 Å². The van der Waals surface area contributed by atoms with E-state index < -0.39 is 0 Å². The number of aromatic nitrogens is 3. The van der Waals surface area contributed by atoms with E-state index in [0.29, 0.717) is 17.5 Å². The average molecular weight is 626 g/mol. The molecule has 10 rings (SSSR count). The van der Waals surface area contributed by atoms with Crippen LogP contribution in [0.3, 0.4) is 0 Å². The molecule has 8 aromatic carbocycles. The van der Waals surface area contributed by atoms with Crippen molar-refractivity contribution in [2.75, 3.05) is 0 Å². The first-order valence-corrected chi connectivity index (χ1v) is 16.5. The summed E-state index contributed by atoms with van der Waals surface area (Å²) in [6, 6.07) is 56.8. The zero-order valence-electron chi connectivity index (χ0n) is 26.3. The van der Waals surface area contributed by atoms with Gasteiger partial charge in [0.1, 0.15) is 11.2 Å². The lowest BCUT2D eigenvalue weighted by atomic mass is 9.93. The number of rotatable bonds is 4. The summed E-state index contributed by atoms with van der Waals surface area (Å²) < 4.78 is 6.41. The second kappa shape index (κ2) is 11.0. The summed E-state index contributed by atoms with van der Waals surface area (Å²) in [5.41, 5.74) is 6.54. The van der Waals surface area contributed by atoms with Gasteiger partial charge in [-0.1, -0.05) is 140 Å². The van der Waals surface area contributed by atoms with E-state index in [1.807, 2.05) is 36.4 Å². The van der Waals surface area contributed by atoms with Gasteiger partial charge in [-0.15, -0.1) is 0 Å². The van der Waals surface area contributed by atoms with Crippen LogP contribution in [-0.4, -0.2) is 15.0 Å². The Labute approximate surface area is 282 Å². The normalized spacial score (nSPS) is 11.7. The second-order valence-electron chi connectivity index (χ2n) is 12.4. The molecule has 4 nitrogen and oxygen atoms in total. The molecule has 4 heteroatoms. The van der Waals surface area contributed by atoms with Crippen LogP contribution in [0, 0.1) is 0 Å². The van der Waals surface area contributed by atoms with Crippen LogP contribution in [0.1, 0.15) is 0 Å². The van der Waals surface area contributed by atoms with Gasteiger partial charge in [0.15, 0.2) is 17.5 Å². The highest BCUT2D eigenvalue weighted by Crippen LogP contribution is 2.43. The van der Waals surface area contributed by atoms with Crippen LogP contribution >= 0.6 is 0 Å². The van der Waals surface area contributed by atoms with Gasteiger partial charge in [0.2, 0.25) is 0 Å². The fraction of sp³-hybridized carbons (Fsp3) is 0. The molecule has 2 heterocycles. The molecule has 10 aromatic rings. The average Bonchev–Trinajstić information content (AvgIpc) is 3.56. The van der Waals surface area contributed by atoms with Crippen LogP contribution < -0.4 is 0 Å². The van der Waals surface area contributed by atoms with Crippen molar-refractivity contribution < 1.29 is 4.42 Å². The van der Waals surface area contributed by atoms with Crippen LogP contribution in [-0.2, 0) is 0 Å². The number of benzene rings is 8. The molecule has 0 amide bonds. The van der Waals surface area contributed by atoms with E-state index in [-0.39, 0.29) is 0 Å². The molecular weight excluding hydrogens is 599 g/mol. The number of fused-ring (bicyclic) bond motifs is 8. The minimum absolute atomic E-state index is 0.600. The Kier molecular flexibility index (Phi) is 6.15. The quantitative estimate of drug-likeness (QED) is 0.183. The molecular formula is C45H27N3O. The minimum Gasteiger partial charge on any atom is -0.456 e. The third-order valence-electron chi connectivity index (χ3n) is 9.51. The first kappa shape index (κ1) is 27.5. The van der Waals surface area contributed by atoms with Crippen molar-refractivity contribution in [1.82, 2.24) is 15.0 Å². The summed E-state index contributed by atoms with van der Waals surface area (Å²) in [5, 5.41) is 9.10. The maximum Gasteiger partial charge on any atom is 0.165 e. The first-order chi connectivity index (χ1) is 24.3. The Morgan fingerprint density at radius 3 is 1.78 bits per heavy atom. The minimum atomic E-state index is 0.600. The van der Waals surface area contributed by atoms with Gasteiger partial charge < -0.3 is 4.42 Å². The van der Waals surface area contributed by atoms with E-state index in [2.05, 4.69) is 127 Å². The van der Waals surface area contributed by atoms with Crippen molar-refractivity contribution in [1.29, 1.82) is 0 Å². The highest BCUT2D eigenvalue weighted by atomic mass is 16.3. The number of hydrogen-bond acceptors (Lipinski definition) is 4. The van der Waals surface area contributed by atoms with Crippen LogP contribution in [0.15, 0.2) is 168 Å². The molecule has 2 aromatic heterocycles. The summed E-state index contributed by atoms with van der Waals surface area (Å²) in [6.07, 6.45) is 0. The smallest absolute Gasteiger partial charge is 0.165 e. The molecule has 0 radical (unpaired) electrons. The molecule has 49 heavy (non-hydrogen) atoms. The Hall–Kier alpha value is -6.65. The van der Waals surface area contributed by atoms with Crippen LogP contribution in [0.5, 0.6) is 0 Å². The lowest BCUT2D eigenvalue weighted by molar-refractivity contribution is 0.669. The molecule has 0 aliphatic heterocycles. The molecule has 0 aliphatic carbocycles. The van der Waals surface area contributed by atoms with Gasteiger partial charge in [0, 0.05) is 27.5 Å². The van der Waals surface area contributed by atoms with E-state index in [9.17, 15) is 0 Å². The van der Waals surface area contributed by atoms with E-state index in [1.165, 1.54) is 21.5 Å². The lowest BCUT2D eigenvalue weighted by Crippen LogP contribution is -2.02. The first-order valence-electron chi connectivity index (χ1n) is 16.5. The highest BCUT2D eigenvalue weighted by molar-refractivity contribution is 6.23. The molecule has 228 valence electrons. The maximum atomic E-state index is 6.41. The standard InChI is InChI=1S/C45H27N3O/c1-3-13-28(14-4-1)33-25-26-39-41(36-21-11-12-22-38(36)49-39)42(33)45-47-43(30-16-5-2-6-17-30)46-44(48-45)37-27-31-24-23-29-15-7-8-18-32(29)40(31)35-20-10-9-19-34(35)37/h1-27H. The van der Waals surface area contributed by atoms with Crippen molar-refractivity contribution >= 4 is 54.3 Å². The fourth-order valence-corrected chi connectivity index (χ4v) is 7.30. The summed E-state index contributed by atoms with van der Waals surface area (Å²) in [7, 11) is 0. The summed E-state index contributed by atoms with van der Waals surface area (Å²) in [4.78, 5) is 15.8. The molecule has 0 spiro atoms. The van der Waals surface area contributed by atoms with Crippen LogP contribution in [0.2, 0.25) is 0 Å². The molecule has 0 bridgehead atoms. The van der Waals surface area contributed by atoms with E-state index in [4.69, 9.17) is 19.4 Å². The van der Waals surface area contributed by atoms with Gasteiger partial charge in [0.25, 0.3) is 0 Å². The van der Waals surface area contributed by atoms with Crippen LogP contribution in [0.25, 0.3) is 99.5 Å². The molecule has 0 N–H and O–H groups in total. The van der Waals surface area contributed by atoms with Crippen molar-refractivity contribution in [3.8, 4) is 45.3 Å². The summed E-state index contributed by atoms with van der Waals surface area (Å²) in [6.45, 7) is 0. The Morgan fingerprint density at radius 2 is 0.959 bits per heavy atom. The zero-order valence-corrected chi connectivity index (χ0v) is 26.3. The van der Waals surface area contributed by atoms with Gasteiger partial charge in [-0.3, -0.25) is 0 Å². The monoisotopic (exact) mass is 625 g/mol. The van der Waals surface area contributed by atoms with Crippen molar-refractivity contribution in [2.24, 2.45) is 0 Å². The third kappa shape index (κ3) is 4.42. The van der Waals surface area contributed by atoms with Crippen LogP contribution in [0.4, 0.5) is 0 Å². The predicted molar refractivity (Wildman–Crippen MR) is 201 cm³/mol. The zero-order chi connectivity index (χ0) is 32.3. The second-order valence-corrected chi connectivity index (χ2v) is 12.4. The molecule has 0 aliphatic rings. The van der Waals surface area contributed by atoms with Gasteiger partial charge >= 0.3 is 0 Å². The number of nitrogens with zero attached hydrogens (tertiary/aromatic N) is 3. The molecule has 0 saturated heterocycles. The molecule has 0 atom stereocenters. The summed E-state index contributed by atoms with van der Waals surface area (Å²) in [5.74, 6) is 1.84. The van der Waals surface area contributed by atoms with E-state index in [0.717, 1.165) is 60.5 Å². The van der Waals surface area contributed by atoms with E-state index >= 15 is 0 Å². The van der Waals surface area contributed by atoms with Gasteiger partial charge in [-0.2, -0.15) is 0 Å². The number of para-hydroxylation sites is 1. The van der Waals surface area contributed by atoms with E-state index in [1.54, 1.807) is 0 Å². The van der Waals surface area contributed by atoms with Crippen molar-refractivity contribution in [3.63, 3.8) is 0 Å². The molecule has 0 unspecified atom stereocenters. The van der Waals surface area contributed by atoms with Crippen molar-refractivity contribution in [2.45, 2.75) is 0 Å². The Bertz CT molecular complexity index is 2880. The summed E-state index contributed by atoms with van der Waals surface area (Å²) >= 11 is 0. The topological polar surface area (TPSA) is 51.8 Å². The van der Waals surface area contributed by atoms with Gasteiger partial charge in [-0.25, -0.2) is 15.0 Å². The van der Waals surface area contributed by atoms with Gasteiger partial charge in [-0.05, 0) is 67.7 Å². The predicted octanol–water partition coefficient (Wildman–Crippen LogP) is 11.9. The number of furan rings is 1. The largest absolute Gasteiger partial charge is 0.456 e. The van der Waals surface area contributed by atoms with Gasteiger partial charge in [0.05, 0.1) is 0 Å². The third-order valence-corrected chi connectivity index (χ3v) is 9.51.